The molecule has 0 unspecified atom stereocenters. The second kappa shape index (κ2) is 7.66. The Balaban J connectivity index is 2.03. The van der Waals surface area contributed by atoms with E-state index in [1.165, 1.54) is 4.31 Å². The Bertz CT molecular complexity index is 746. The summed E-state index contributed by atoms with van der Waals surface area (Å²) in [4.78, 5) is 12.7. The molecule has 0 amide bonds. The number of carbonyl (C=O) groups excluding carboxylic acids is 1. The first kappa shape index (κ1) is 19.3. The number of carbonyl (C=O) groups is 1. The molecule has 4 atom stereocenters. The van der Waals surface area contributed by atoms with E-state index in [0.717, 1.165) is 18.4 Å². The van der Waals surface area contributed by atoms with Crippen molar-refractivity contribution in [2.75, 3.05) is 6.61 Å². The molecule has 1 saturated heterocycles. The van der Waals surface area contributed by atoms with Gasteiger partial charge in [0, 0.05) is 12.0 Å². The van der Waals surface area contributed by atoms with E-state index in [1.54, 1.807) is 31.2 Å². The van der Waals surface area contributed by atoms with E-state index >= 15 is 0 Å². The van der Waals surface area contributed by atoms with Crippen LogP contribution in [-0.2, 0) is 19.6 Å². The van der Waals surface area contributed by atoms with E-state index in [9.17, 15) is 18.3 Å². The van der Waals surface area contributed by atoms with Gasteiger partial charge in [-0.15, -0.1) is 0 Å². The number of hydrogen-bond donors (Lipinski definition) is 1. The van der Waals surface area contributed by atoms with Gasteiger partial charge in [-0.2, -0.15) is 4.31 Å². The first-order chi connectivity index (χ1) is 12.4. The third-order valence-corrected chi connectivity index (χ3v) is 7.47. The number of rotatable bonds is 4. The number of aliphatic hydroxyl groups excluding tert-OH is 1. The zero-order valence-electron chi connectivity index (χ0n) is 15.3. The van der Waals surface area contributed by atoms with Gasteiger partial charge in [-0.25, -0.2) is 8.42 Å². The van der Waals surface area contributed by atoms with Crippen LogP contribution < -0.4 is 0 Å². The standard InChI is InChI=1S/C19H27NO5S/c1-3-25-19(22)17-12-15-16(6-4-5-7-18(15)21)20(17)26(23,24)14-10-8-13(2)9-11-14/h8-11,15-18,21H,3-7,12H2,1-2H3/t15-,16-,17-,18-/m0/s1. The minimum absolute atomic E-state index is 0.178. The molecule has 1 aliphatic heterocycles. The van der Waals surface area contributed by atoms with E-state index in [0.29, 0.717) is 19.3 Å². The van der Waals surface area contributed by atoms with Crippen molar-refractivity contribution < 1.29 is 23.1 Å². The van der Waals surface area contributed by atoms with Gasteiger partial charge in [0.1, 0.15) is 6.04 Å². The van der Waals surface area contributed by atoms with Crippen LogP contribution in [0.1, 0.15) is 44.6 Å². The van der Waals surface area contributed by atoms with Crippen LogP contribution in [0.4, 0.5) is 0 Å². The van der Waals surface area contributed by atoms with Gasteiger partial charge in [0.15, 0.2) is 0 Å². The minimum atomic E-state index is -3.86. The van der Waals surface area contributed by atoms with Gasteiger partial charge in [0.25, 0.3) is 0 Å². The van der Waals surface area contributed by atoms with Crippen LogP contribution in [0.3, 0.4) is 0 Å². The maximum Gasteiger partial charge on any atom is 0.324 e. The van der Waals surface area contributed by atoms with Gasteiger partial charge in [-0.05, 0) is 45.2 Å². The predicted octanol–water partition coefficient (Wildman–Crippen LogP) is 2.24. The molecule has 1 aromatic carbocycles. The van der Waals surface area contributed by atoms with Crippen molar-refractivity contribution >= 4 is 16.0 Å². The van der Waals surface area contributed by atoms with E-state index in [1.807, 2.05) is 6.92 Å². The molecular formula is C19H27NO5S. The number of sulfonamides is 1. The van der Waals surface area contributed by atoms with Crippen LogP contribution in [-0.4, -0.2) is 48.6 Å². The number of esters is 1. The topological polar surface area (TPSA) is 83.9 Å². The van der Waals surface area contributed by atoms with Gasteiger partial charge in [-0.3, -0.25) is 4.79 Å². The summed E-state index contributed by atoms with van der Waals surface area (Å²) in [6.45, 7) is 3.80. The molecule has 1 saturated carbocycles. The number of benzene rings is 1. The van der Waals surface area contributed by atoms with E-state index in [4.69, 9.17) is 4.74 Å². The maximum atomic E-state index is 13.4. The van der Waals surface area contributed by atoms with Gasteiger partial charge in [0.2, 0.25) is 10.0 Å². The van der Waals surface area contributed by atoms with Gasteiger partial charge >= 0.3 is 5.97 Å². The number of fused-ring (bicyclic) bond motifs is 1. The molecule has 0 radical (unpaired) electrons. The van der Waals surface area contributed by atoms with Crippen molar-refractivity contribution in [2.24, 2.45) is 5.92 Å². The zero-order chi connectivity index (χ0) is 18.9. The first-order valence-electron chi connectivity index (χ1n) is 9.31. The molecular weight excluding hydrogens is 354 g/mol. The Morgan fingerprint density at radius 2 is 1.88 bits per heavy atom. The summed E-state index contributed by atoms with van der Waals surface area (Å²) in [5.41, 5.74) is 0.968. The zero-order valence-corrected chi connectivity index (χ0v) is 16.1. The number of hydrogen-bond acceptors (Lipinski definition) is 5. The molecule has 2 aliphatic rings. The lowest BCUT2D eigenvalue weighted by molar-refractivity contribution is -0.147. The third kappa shape index (κ3) is 3.52. The van der Waals surface area contributed by atoms with E-state index in [2.05, 4.69) is 0 Å². The third-order valence-electron chi connectivity index (χ3n) is 5.52. The summed E-state index contributed by atoms with van der Waals surface area (Å²) in [7, 11) is -3.86. The van der Waals surface area contributed by atoms with Crippen LogP contribution in [0, 0.1) is 12.8 Å². The Kier molecular flexibility index (Phi) is 5.69. The molecule has 0 bridgehead atoms. The Labute approximate surface area is 155 Å². The second-order valence-electron chi connectivity index (χ2n) is 7.23. The fraction of sp³-hybridized carbons (Fsp3) is 0.632. The van der Waals surface area contributed by atoms with Crippen molar-refractivity contribution in [1.29, 1.82) is 0 Å². The average Bonchev–Trinajstić information content (AvgIpc) is 2.91. The van der Waals surface area contributed by atoms with Crippen LogP contribution >= 0.6 is 0 Å². The molecule has 1 aliphatic carbocycles. The highest BCUT2D eigenvalue weighted by atomic mass is 32.2. The fourth-order valence-corrected chi connectivity index (χ4v) is 6.08. The quantitative estimate of drug-likeness (QED) is 0.809. The monoisotopic (exact) mass is 381 g/mol. The van der Waals surface area contributed by atoms with E-state index in [-0.39, 0.29) is 23.5 Å². The first-order valence-corrected chi connectivity index (χ1v) is 10.7. The molecule has 0 spiro atoms. The maximum absolute atomic E-state index is 13.4. The Morgan fingerprint density at radius 1 is 1.23 bits per heavy atom. The molecule has 144 valence electrons. The molecule has 1 N–H and O–H groups in total. The molecule has 7 heteroatoms. The highest BCUT2D eigenvalue weighted by Gasteiger charge is 2.53. The summed E-state index contributed by atoms with van der Waals surface area (Å²) in [5, 5.41) is 10.5. The Hall–Kier alpha value is -1.44. The van der Waals surface area contributed by atoms with Crippen LogP contribution in [0.25, 0.3) is 0 Å². The smallest absolute Gasteiger partial charge is 0.324 e. The second-order valence-corrected chi connectivity index (χ2v) is 9.08. The van der Waals surface area contributed by atoms with E-state index < -0.39 is 28.1 Å². The normalized spacial score (nSPS) is 29.8. The van der Waals surface area contributed by atoms with Crippen molar-refractivity contribution in [3.8, 4) is 0 Å². The van der Waals surface area contributed by atoms with Crippen molar-refractivity contribution in [3.63, 3.8) is 0 Å². The van der Waals surface area contributed by atoms with Crippen molar-refractivity contribution in [1.82, 2.24) is 4.31 Å². The van der Waals surface area contributed by atoms with Gasteiger partial charge < -0.3 is 9.84 Å². The summed E-state index contributed by atoms with van der Waals surface area (Å²) in [5.74, 6) is -0.754. The lowest BCUT2D eigenvalue weighted by atomic mass is 9.92. The number of nitrogens with zero attached hydrogens (tertiary/aromatic N) is 1. The molecule has 1 aromatic rings. The summed E-state index contributed by atoms with van der Waals surface area (Å²) < 4.78 is 33.2. The summed E-state index contributed by atoms with van der Waals surface area (Å²) >= 11 is 0. The van der Waals surface area contributed by atoms with Crippen LogP contribution in [0.5, 0.6) is 0 Å². The number of aryl methyl sites for hydroxylation is 1. The lowest BCUT2D eigenvalue weighted by Gasteiger charge is -2.30. The number of ether oxygens (including phenoxy) is 1. The molecule has 2 fully saturated rings. The summed E-state index contributed by atoms with van der Waals surface area (Å²) in [6, 6.07) is 5.42. The van der Waals surface area contributed by atoms with Crippen molar-refractivity contribution in [2.45, 2.75) is 69.0 Å². The molecule has 0 aromatic heterocycles. The lowest BCUT2D eigenvalue weighted by Crippen LogP contribution is -2.46. The minimum Gasteiger partial charge on any atom is -0.465 e. The SMILES string of the molecule is CCOC(=O)[C@@H]1C[C@@H]2[C@@H](O)CCCC[C@@H]2N1S(=O)(=O)c1ccc(C)cc1. The van der Waals surface area contributed by atoms with Crippen LogP contribution in [0.15, 0.2) is 29.2 Å². The fourth-order valence-electron chi connectivity index (χ4n) is 4.23. The predicted molar refractivity (Wildman–Crippen MR) is 97.0 cm³/mol. The van der Waals surface area contributed by atoms with Crippen molar-refractivity contribution in [3.05, 3.63) is 29.8 Å². The average molecular weight is 381 g/mol. The Morgan fingerprint density at radius 3 is 2.54 bits per heavy atom. The highest BCUT2D eigenvalue weighted by Crippen LogP contribution is 2.42. The molecule has 26 heavy (non-hydrogen) atoms. The van der Waals surface area contributed by atoms with Crippen LogP contribution in [0.2, 0.25) is 0 Å². The summed E-state index contributed by atoms with van der Waals surface area (Å²) in [6.07, 6.45) is 2.75. The molecule has 3 rings (SSSR count). The highest BCUT2D eigenvalue weighted by molar-refractivity contribution is 7.89. The number of aliphatic hydroxyl groups is 1. The van der Waals surface area contributed by atoms with Gasteiger partial charge in [0.05, 0.1) is 17.6 Å². The molecule has 1 heterocycles. The largest absolute Gasteiger partial charge is 0.465 e. The van der Waals surface area contributed by atoms with Gasteiger partial charge in [-0.1, -0.05) is 30.5 Å². The molecule has 6 nitrogen and oxygen atoms in total.